The molecule has 0 aromatic heterocycles. The Kier molecular flexibility index (Phi) is 6.23. The Morgan fingerprint density at radius 3 is 2.34 bits per heavy atom. The van der Waals surface area contributed by atoms with Gasteiger partial charge in [0, 0.05) is 12.5 Å². The van der Waals surface area contributed by atoms with Crippen LogP contribution in [0.4, 0.5) is 16.2 Å². The van der Waals surface area contributed by atoms with Gasteiger partial charge in [-0.1, -0.05) is 12.1 Å². The van der Waals surface area contributed by atoms with Crippen molar-refractivity contribution in [3.05, 3.63) is 48.0 Å². The summed E-state index contributed by atoms with van der Waals surface area (Å²) in [6.45, 7) is 3.71. The quantitative estimate of drug-likeness (QED) is 0.755. The van der Waals surface area contributed by atoms with Gasteiger partial charge in [0.2, 0.25) is 6.79 Å². The molecule has 2 aromatic carbocycles. The van der Waals surface area contributed by atoms with Gasteiger partial charge in [-0.05, 0) is 43.7 Å². The van der Waals surface area contributed by atoms with Crippen LogP contribution in [0.15, 0.2) is 42.5 Å². The average molecular weight is 401 g/mol. The van der Waals surface area contributed by atoms with E-state index in [9.17, 15) is 14.7 Å². The standard InChI is InChI=1S/C21H23NO7/c1-13(2)29-19(20(23)24)10-14-4-6-15(7-5-14)22(21(25)26-3)16-8-9-17-18(11-16)28-12-27-17/h4-9,11,13,19H,10,12H2,1-3H3,(H,23,24). The number of benzene rings is 2. The lowest BCUT2D eigenvalue weighted by Crippen LogP contribution is -2.29. The number of rotatable bonds is 7. The second-order valence-corrected chi connectivity index (χ2v) is 6.73. The SMILES string of the molecule is COC(=O)N(c1ccc(CC(OC(C)C)C(=O)O)cc1)c1ccc2c(c1)OCO2. The first-order valence-corrected chi connectivity index (χ1v) is 9.14. The molecule has 0 aliphatic carbocycles. The second kappa shape index (κ2) is 8.83. The lowest BCUT2D eigenvalue weighted by Gasteiger charge is -2.22. The number of hydrogen-bond donors (Lipinski definition) is 1. The molecule has 0 bridgehead atoms. The summed E-state index contributed by atoms with van der Waals surface area (Å²) in [6, 6.07) is 12.1. The third-order valence-electron chi connectivity index (χ3n) is 4.30. The molecule has 1 aliphatic rings. The Morgan fingerprint density at radius 2 is 1.72 bits per heavy atom. The van der Waals surface area contributed by atoms with Gasteiger partial charge >= 0.3 is 12.1 Å². The lowest BCUT2D eigenvalue weighted by atomic mass is 10.1. The number of carboxylic acids is 1. The molecule has 1 N–H and O–H groups in total. The molecule has 1 amide bonds. The van der Waals surface area contributed by atoms with Gasteiger partial charge in [-0.2, -0.15) is 0 Å². The van der Waals surface area contributed by atoms with E-state index in [0.29, 0.717) is 22.9 Å². The van der Waals surface area contributed by atoms with Crippen molar-refractivity contribution in [1.29, 1.82) is 0 Å². The number of ether oxygens (including phenoxy) is 4. The number of carbonyl (C=O) groups is 2. The number of nitrogens with zero attached hydrogens (tertiary/aromatic N) is 1. The summed E-state index contributed by atoms with van der Waals surface area (Å²) in [6.07, 6.45) is -1.48. The molecule has 0 radical (unpaired) electrons. The fourth-order valence-corrected chi connectivity index (χ4v) is 2.99. The van der Waals surface area contributed by atoms with Crippen molar-refractivity contribution < 1.29 is 33.6 Å². The van der Waals surface area contributed by atoms with Crippen molar-refractivity contribution in [2.24, 2.45) is 0 Å². The zero-order valence-corrected chi connectivity index (χ0v) is 16.5. The molecule has 3 rings (SSSR count). The van der Waals surface area contributed by atoms with Crippen LogP contribution in [-0.2, 0) is 20.7 Å². The number of aliphatic carboxylic acids is 1. The molecular weight excluding hydrogens is 378 g/mol. The molecule has 2 aromatic rings. The second-order valence-electron chi connectivity index (χ2n) is 6.73. The van der Waals surface area contributed by atoms with Crippen molar-refractivity contribution in [1.82, 2.24) is 0 Å². The maximum absolute atomic E-state index is 12.4. The molecule has 0 saturated heterocycles. The van der Waals surface area contributed by atoms with E-state index >= 15 is 0 Å². The lowest BCUT2D eigenvalue weighted by molar-refractivity contribution is -0.153. The smallest absolute Gasteiger partial charge is 0.418 e. The van der Waals surface area contributed by atoms with Gasteiger partial charge < -0.3 is 24.1 Å². The zero-order chi connectivity index (χ0) is 21.0. The first-order valence-electron chi connectivity index (χ1n) is 9.14. The maximum Gasteiger partial charge on any atom is 0.418 e. The molecule has 1 heterocycles. The largest absolute Gasteiger partial charge is 0.479 e. The van der Waals surface area contributed by atoms with E-state index in [1.165, 1.54) is 12.0 Å². The highest BCUT2D eigenvalue weighted by molar-refractivity contribution is 5.96. The summed E-state index contributed by atoms with van der Waals surface area (Å²) in [5.74, 6) is 0.140. The molecule has 1 aliphatic heterocycles. The van der Waals surface area contributed by atoms with E-state index in [-0.39, 0.29) is 19.3 Å². The third-order valence-corrected chi connectivity index (χ3v) is 4.30. The molecule has 29 heavy (non-hydrogen) atoms. The van der Waals surface area contributed by atoms with E-state index in [1.54, 1.807) is 56.3 Å². The number of carboxylic acid groups (broad SMARTS) is 1. The molecule has 8 nitrogen and oxygen atoms in total. The van der Waals surface area contributed by atoms with Gasteiger partial charge in [0.25, 0.3) is 0 Å². The highest BCUT2D eigenvalue weighted by Crippen LogP contribution is 2.37. The Bertz CT molecular complexity index is 879. The number of hydrogen-bond acceptors (Lipinski definition) is 6. The van der Waals surface area contributed by atoms with Gasteiger partial charge in [0.05, 0.1) is 24.6 Å². The maximum atomic E-state index is 12.4. The summed E-state index contributed by atoms with van der Waals surface area (Å²) >= 11 is 0. The fourth-order valence-electron chi connectivity index (χ4n) is 2.99. The Labute approximate surface area is 168 Å². The molecule has 1 unspecified atom stereocenters. The van der Waals surface area contributed by atoms with Gasteiger partial charge in [0.1, 0.15) is 0 Å². The zero-order valence-electron chi connectivity index (χ0n) is 16.5. The van der Waals surface area contributed by atoms with Crippen LogP contribution in [0, 0.1) is 0 Å². The van der Waals surface area contributed by atoms with Crippen LogP contribution in [0.25, 0.3) is 0 Å². The molecule has 0 saturated carbocycles. The Balaban J connectivity index is 1.84. The minimum absolute atomic E-state index is 0.134. The fraction of sp³-hybridized carbons (Fsp3) is 0.333. The number of anilines is 2. The van der Waals surface area contributed by atoms with E-state index in [0.717, 1.165) is 5.56 Å². The topological polar surface area (TPSA) is 94.5 Å². The van der Waals surface area contributed by atoms with Crippen LogP contribution in [0.2, 0.25) is 0 Å². The normalized spacial score (nSPS) is 13.2. The van der Waals surface area contributed by atoms with Crippen molar-refractivity contribution in [2.75, 3.05) is 18.8 Å². The highest BCUT2D eigenvalue weighted by Gasteiger charge is 2.23. The predicted octanol–water partition coefficient (Wildman–Crippen LogP) is 3.74. The summed E-state index contributed by atoms with van der Waals surface area (Å²) in [7, 11) is 1.30. The summed E-state index contributed by atoms with van der Waals surface area (Å²) in [5.41, 5.74) is 1.90. The molecule has 8 heteroatoms. The van der Waals surface area contributed by atoms with Crippen molar-refractivity contribution in [3.8, 4) is 11.5 Å². The Hall–Kier alpha value is -3.26. The van der Waals surface area contributed by atoms with Crippen LogP contribution in [0.1, 0.15) is 19.4 Å². The monoisotopic (exact) mass is 401 g/mol. The van der Waals surface area contributed by atoms with E-state index in [2.05, 4.69) is 0 Å². The van der Waals surface area contributed by atoms with Crippen LogP contribution in [-0.4, -0.2) is 43.3 Å². The minimum atomic E-state index is -1.01. The van der Waals surface area contributed by atoms with E-state index < -0.39 is 18.2 Å². The molecular formula is C21H23NO7. The van der Waals surface area contributed by atoms with Gasteiger partial charge in [-0.25, -0.2) is 14.5 Å². The van der Waals surface area contributed by atoms with Crippen molar-refractivity contribution >= 4 is 23.4 Å². The highest BCUT2D eigenvalue weighted by atomic mass is 16.7. The van der Waals surface area contributed by atoms with Gasteiger partial charge in [0.15, 0.2) is 17.6 Å². The van der Waals surface area contributed by atoms with Crippen LogP contribution in [0.3, 0.4) is 0 Å². The molecule has 1 atom stereocenters. The van der Waals surface area contributed by atoms with Gasteiger partial charge in [-0.3, -0.25) is 0 Å². The summed E-state index contributed by atoms with van der Waals surface area (Å²) in [4.78, 5) is 25.2. The molecule has 0 spiro atoms. The van der Waals surface area contributed by atoms with Crippen LogP contribution in [0.5, 0.6) is 11.5 Å². The first kappa shape index (κ1) is 20.5. The van der Waals surface area contributed by atoms with E-state index in [4.69, 9.17) is 18.9 Å². The summed E-state index contributed by atoms with van der Waals surface area (Å²) < 4.78 is 21.1. The van der Waals surface area contributed by atoms with Gasteiger partial charge in [-0.15, -0.1) is 0 Å². The average Bonchev–Trinajstić information content (AvgIpc) is 3.16. The Morgan fingerprint density at radius 1 is 1.07 bits per heavy atom. The first-order chi connectivity index (χ1) is 13.9. The van der Waals surface area contributed by atoms with Crippen LogP contribution >= 0.6 is 0 Å². The van der Waals surface area contributed by atoms with Crippen molar-refractivity contribution in [2.45, 2.75) is 32.5 Å². The molecule has 154 valence electrons. The van der Waals surface area contributed by atoms with E-state index in [1.807, 2.05) is 0 Å². The predicted molar refractivity (Wildman–Crippen MR) is 105 cm³/mol. The minimum Gasteiger partial charge on any atom is -0.479 e. The number of fused-ring (bicyclic) bond motifs is 1. The third kappa shape index (κ3) is 4.78. The number of methoxy groups -OCH3 is 1. The molecule has 0 fully saturated rings. The number of amides is 1. The van der Waals surface area contributed by atoms with Crippen LogP contribution < -0.4 is 14.4 Å². The van der Waals surface area contributed by atoms with Crippen molar-refractivity contribution in [3.63, 3.8) is 0 Å². The number of carbonyl (C=O) groups excluding carboxylic acids is 1. The summed E-state index contributed by atoms with van der Waals surface area (Å²) in [5, 5.41) is 9.34.